The standard InChI is InChI=1S/C19H30O2/c1-18-10-3-2-4-13(18)5-6-14-15(18)9-11-19(12-20)16(14)7-8-17(19)21/h13-16,20H,2-12H2,1H3/t13-,14+,15-,16-,18-,19+/m0/s1. The zero-order valence-corrected chi connectivity index (χ0v) is 13.4. The topological polar surface area (TPSA) is 37.3 Å². The number of rotatable bonds is 1. The van der Waals surface area contributed by atoms with E-state index in [1.807, 2.05) is 0 Å². The van der Waals surface area contributed by atoms with Crippen molar-refractivity contribution in [3.8, 4) is 0 Å². The summed E-state index contributed by atoms with van der Waals surface area (Å²) in [6.07, 6.45) is 12.3. The van der Waals surface area contributed by atoms with E-state index in [2.05, 4.69) is 6.92 Å². The minimum atomic E-state index is -0.334. The Hall–Kier alpha value is -0.370. The first kappa shape index (κ1) is 14.2. The average molecular weight is 290 g/mol. The van der Waals surface area contributed by atoms with E-state index in [4.69, 9.17) is 0 Å². The van der Waals surface area contributed by atoms with Gasteiger partial charge in [-0.1, -0.05) is 19.8 Å². The van der Waals surface area contributed by atoms with E-state index < -0.39 is 0 Å². The second-order valence-corrected chi connectivity index (χ2v) is 8.72. The maximum Gasteiger partial charge on any atom is 0.141 e. The number of carbonyl (C=O) groups is 1. The van der Waals surface area contributed by atoms with Crippen molar-refractivity contribution in [1.82, 2.24) is 0 Å². The number of aliphatic hydroxyl groups excluding tert-OH is 1. The van der Waals surface area contributed by atoms with Crippen molar-refractivity contribution in [3.05, 3.63) is 0 Å². The molecule has 4 saturated carbocycles. The van der Waals surface area contributed by atoms with Gasteiger partial charge in [0.05, 0.1) is 12.0 Å². The fourth-order valence-corrected chi connectivity index (χ4v) is 7.17. The SMILES string of the molecule is C[C@]12CCCC[C@H]1CC[C@H]1[C@@H]3CCC(=O)[C@@]3(CO)CC[C@@H]12. The largest absolute Gasteiger partial charge is 0.395 e. The summed E-state index contributed by atoms with van der Waals surface area (Å²) in [5.74, 6) is 3.35. The van der Waals surface area contributed by atoms with Gasteiger partial charge in [-0.3, -0.25) is 4.79 Å². The van der Waals surface area contributed by atoms with Gasteiger partial charge in [0, 0.05) is 6.42 Å². The molecule has 2 nitrogen and oxygen atoms in total. The molecule has 0 heterocycles. The van der Waals surface area contributed by atoms with Crippen LogP contribution in [-0.4, -0.2) is 17.5 Å². The van der Waals surface area contributed by atoms with Crippen LogP contribution in [-0.2, 0) is 4.79 Å². The number of Topliss-reactive ketones (excluding diaryl/α,β-unsaturated/α-hetero) is 1. The van der Waals surface area contributed by atoms with Crippen molar-refractivity contribution >= 4 is 5.78 Å². The first-order valence-electron chi connectivity index (χ1n) is 9.26. The van der Waals surface area contributed by atoms with Gasteiger partial charge in [-0.15, -0.1) is 0 Å². The van der Waals surface area contributed by atoms with Crippen LogP contribution in [0.25, 0.3) is 0 Å². The third-order valence-electron chi connectivity index (χ3n) is 8.31. The Kier molecular flexibility index (Phi) is 3.26. The summed E-state index contributed by atoms with van der Waals surface area (Å²) in [5, 5.41) is 9.99. The van der Waals surface area contributed by atoms with Gasteiger partial charge >= 0.3 is 0 Å². The van der Waals surface area contributed by atoms with Crippen molar-refractivity contribution in [2.45, 2.75) is 71.1 Å². The summed E-state index contributed by atoms with van der Waals surface area (Å²) in [7, 11) is 0. The van der Waals surface area contributed by atoms with E-state index in [-0.39, 0.29) is 12.0 Å². The molecule has 1 N–H and O–H groups in total. The first-order valence-corrected chi connectivity index (χ1v) is 9.26. The molecule has 0 bridgehead atoms. The molecule has 4 rings (SSSR count). The van der Waals surface area contributed by atoms with Crippen LogP contribution < -0.4 is 0 Å². The molecule has 2 heteroatoms. The van der Waals surface area contributed by atoms with Crippen molar-refractivity contribution in [1.29, 1.82) is 0 Å². The summed E-state index contributed by atoms with van der Waals surface area (Å²) in [5.41, 5.74) is 0.202. The highest BCUT2D eigenvalue weighted by molar-refractivity contribution is 5.87. The van der Waals surface area contributed by atoms with Gasteiger partial charge in [0.25, 0.3) is 0 Å². The van der Waals surface area contributed by atoms with Crippen LogP contribution >= 0.6 is 0 Å². The Morgan fingerprint density at radius 3 is 2.71 bits per heavy atom. The molecule has 0 aromatic heterocycles. The molecule has 4 aliphatic rings. The molecule has 21 heavy (non-hydrogen) atoms. The molecule has 0 aromatic rings. The molecular formula is C19H30O2. The number of hydrogen-bond donors (Lipinski definition) is 1. The van der Waals surface area contributed by atoms with Crippen molar-refractivity contribution < 1.29 is 9.90 Å². The van der Waals surface area contributed by atoms with Crippen LogP contribution in [0.3, 0.4) is 0 Å². The quantitative estimate of drug-likeness (QED) is 0.793. The Morgan fingerprint density at radius 1 is 1.05 bits per heavy atom. The van der Waals surface area contributed by atoms with Crippen LogP contribution in [0.4, 0.5) is 0 Å². The van der Waals surface area contributed by atoms with Crippen LogP contribution in [0, 0.1) is 34.5 Å². The molecule has 0 amide bonds. The van der Waals surface area contributed by atoms with E-state index in [1.54, 1.807) is 0 Å². The van der Waals surface area contributed by atoms with Gasteiger partial charge in [-0.2, -0.15) is 0 Å². The predicted molar refractivity (Wildman–Crippen MR) is 82.8 cm³/mol. The Labute approximate surface area is 128 Å². The molecule has 0 aliphatic heterocycles. The molecule has 4 aliphatic carbocycles. The lowest BCUT2D eigenvalue weighted by molar-refractivity contribution is -0.146. The number of hydrogen-bond acceptors (Lipinski definition) is 2. The second-order valence-electron chi connectivity index (χ2n) is 8.72. The van der Waals surface area contributed by atoms with Crippen LogP contribution in [0.2, 0.25) is 0 Å². The monoisotopic (exact) mass is 290 g/mol. The first-order chi connectivity index (χ1) is 10.1. The Balaban J connectivity index is 1.66. The molecule has 4 fully saturated rings. The lowest BCUT2D eigenvalue weighted by Gasteiger charge is -2.59. The molecule has 0 aromatic carbocycles. The van der Waals surface area contributed by atoms with Gasteiger partial charge in [-0.25, -0.2) is 0 Å². The fourth-order valence-electron chi connectivity index (χ4n) is 7.17. The van der Waals surface area contributed by atoms with Crippen molar-refractivity contribution in [2.24, 2.45) is 34.5 Å². The van der Waals surface area contributed by atoms with Crippen LogP contribution in [0.5, 0.6) is 0 Å². The third kappa shape index (κ3) is 1.77. The maximum atomic E-state index is 12.4. The smallest absolute Gasteiger partial charge is 0.141 e. The lowest BCUT2D eigenvalue weighted by atomic mass is 9.45. The van der Waals surface area contributed by atoms with E-state index >= 15 is 0 Å². The second kappa shape index (κ2) is 4.81. The zero-order chi connectivity index (χ0) is 14.7. The molecule has 6 atom stereocenters. The molecule has 0 radical (unpaired) electrons. The summed E-state index contributed by atoms with van der Waals surface area (Å²) >= 11 is 0. The van der Waals surface area contributed by atoms with Crippen LogP contribution in [0.1, 0.15) is 71.1 Å². The molecule has 118 valence electrons. The molecule has 0 unspecified atom stereocenters. The highest BCUT2D eigenvalue weighted by Gasteiger charge is 2.61. The van der Waals surface area contributed by atoms with E-state index in [1.165, 1.54) is 44.9 Å². The van der Waals surface area contributed by atoms with E-state index in [0.29, 0.717) is 17.1 Å². The number of carbonyl (C=O) groups excluding carboxylic acids is 1. The normalized spacial score (nSPS) is 53.0. The molecule has 0 saturated heterocycles. The third-order valence-corrected chi connectivity index (χ3v) is 8.31. The Bertz CT molecular complexity index is 445. The number of ketones is 1. The van der Waals surface area contributed by atoms with Gasteiger partial charge in [0.2, 0.25) is 0 Å². The summed E-state index contributed by atoms with van der Waals surface area (Å²) in [4.78, 5) is 12.4. The van der Waals surface area contributed by atoms with E-state index in [9.17, 15) is 9.90 Å². The maximum absolute atomic E-state index is 12.4. The van der Waals surface area contributed by atoms with Gasteiger partial charge in [0.15, 0.2) is 0 Å². The Morgan fingerprint density at radius 2 is 1.90 bits per heavy atom. The van der Waals surface area contributed by atoms with Crippen molar-refractivity contribution in [3.63, 3.8) is 0 Å². The number of fused-ring (bicyclic) bond motifs is 5. The van der Waals surface area contributed by atoms with Crippen molar-refractivity contribution in [2.75, 3.05) is 6.61 Å². The lowest BCUT2D eigenvalue weighted by Crippen LogP contribution is -2.54. The van der Waals surface area contributed by atoms with E-state index in [0.717, 1.165) is 37.0 Å². The number of aliphatic hydroxyl groups is 1. The summed E-state index contributed by atoms with van der Waals surface area (Å²) < 4.78 is 0. The molecular weight excluding hydrogens is 260 g/mol. The highest BCUT2D eigenvalue weighted by atomic mass is 16.3. The fraction of sp³-hybridized carbons (Fsp3) is 0.947. The van der Waals surface area contributed by atoms with Gasteiger partial charge in [0.1, 0.15) is 5.78 Å². The molecule has 0 spiro atoms. The highest BCUT2D eigenvalue weighted by Crippen LogP contribution is 2.65. The minimum Gasteiger partial charge on any atom is -0.395 e. The van der Waals surface area contributed by atoms with Gasteiger partial charge in [-0.05, 0) is 74.0 Å². The zero-order valence-electron chi connectivity index (χ0n) is 13.4. The predicted octanol–water partition coefficient (Wildman–Crippen LogP) is 3.96. The summed E-state index contributed by atoms with van der Waals surface area (Å²) in [6, 6.07) is 0. The summed E-state index contributed by atoms with van der Waals surface area (Å²) in [6.45, 7) is 2.68. The average Bonchev–Trinajstić information content (AvgIpc) is 2.84. The van der Waals surface area contributed by atoms with Crippen LogP contribution in [0.15, 0.2) is 0 Å². The van der Waals surface area contributed by atoms with Gasteiger partial charge < -0.3 is 5.11 Å². The minimum absolute atomic E-state index is 0.111.